The number of rotatable bonds is 7. The van der Waals surface area contributed by atoms with E-state index in [1.807, 2.05) is 28.7 Å². The molecule has 0 fully saturated rings. The second-order valence-electron chi connectivity index (χ2n) is 9.04. The van der Waals surface area contributed by atoms with Gasteiger partial charge in [0.15, 0.2) is 5.82 Å². The normalized spacial score (nSPS) is 13.1. The Balaban J connectivity index is 1.39. The second-order valence-corrected chi connectivity index (χ2v) is 10.7. The summed E-state index contributed by atoms with van der Waals surface area (Å²) in [4.78, 5) is 37.4. The van der Waals surface area contributed by atoms with E-state index < -0.39 is 15.9 Å². The molecular weight excluding hydrogens is 518 g/mol. The molecule has 2 amide bonds. The van der Waals surface area contributed by atoms with E-state index in [0.717, 1.165) is 12.5 Å². The number of hydrogen-bond donors (Lipinski definition) is 1. The van der Waals surface area contributed by atoms with E-state index in [4.69, 9.17) is 4.74 Å². The number of amides is 2. The first kappa shape index (κ1) is 26.1. The Kier molecular flexibility index (Phi) is 6.92. The number of carbonyl (C=O) groups is 2. The summed E-state index contributed by atoms with van der Waals surface area (Å²) in [6.45, 7) is 3.99. The predicted octanol–water partition coefficient (Wildman–Crippen LogP) is 3.82. The number of pyridine rings is 2. The van der Waals surface area contributed by atoms with Crippen molar-refractivity contribution in [3.8, 4) is 5.75 Å². The number of nitrogens with one attached hydrogen (secondary N) is 1. The van der Waals surface area contributed by atoms with E-state index in [1.54, 1.807) is 60.7 Å². The molecule has 0 unspecified atom stereocenters. The lowest BCUT2D eigenvalue weighted by Gasteiger charge is -2.22. The molecule has 1 aliphatic heterocycles. The average molecular weight is 546 g/mol. The summed E-state index contributed by atoms with van der Waals surface area (Å²) in [6, 6.07) is 15.4. The third kappa shape index (κ3) is 4.88. The van der Waals surface area contributed by atoms with Crippen LogP contribution in [0.2, 0.25) is 0 Å². The highest BCUT2D eigenvalue weighted by molar-refractivity contribution is 7.90. The molecule has 0 saturated carbocycles. The number of ether oxygens (including phenoxy) is 1. The van der Waals surface area contributed by atoms with Crippen LogP contribution in [0.25, 0.3) is 10.8 Å². The van der Waals surface area contributed by atoms with Gasteiger partial charge >= 0.3 is 0 Å². The summed E-state index contributed by atoms with van der Waals surface area (Å²) in [5.74, 6) is 0.894. The summed E-state index contributed by atoms with van der Waals surface area (Å²) in [7, 11) is -2.30. The Morgan fingerprint density at radius 1 is 1.03 bits per heavy atom. The first-order chi connectivity index (χ1) is 18.7. The lowest BCUT2D eigenvalue weighted by molar-refractivity contribution is -0.117. The number of nitrogens with zero attached hydrogens (tertiary/aromatic N) is 4. The highest BCUT2D eigenvalue weighted by atomic mass is 32.2. The molecule has 10 nitrogen and oxygen atoms in total. The summed E-state index contributed by atoms with van der Waals surface area (Å²) < 4.78 is 33.4. The number of aromatic nitrogens is 2. The van der Waals surface area contributed by atoms with Crippen molar-refractivity contribution in [3.05, 3.63) is 78.1 Å². The van der Waals surface area contributed by atoms with Crippen LogP contribution >= 0.6 is 0 Å². The van der Waals surface area contributed by atoms with Crippen molar-refractivity contribution in [3.63, 3.8) is 0 Å². The minimum atomic E-state index is -4.02. The van der Waals surface area contributed by atoms with Crippen molar-refractivity contribution >= 4 is 49.9 Å². The summed E-state index contributed by atoms with van der Waals surface area (Å²) in [5, 5.41) is 1.04. The van der Waals surface area contributed by atoms with Gasteiger partial charge in [-0.25, -0.2) is 23.1 Å². The monoisotopic (exact) mass is 545 g/mol. The number of sulfonamides is 1. The summed E-state index contributed by atoms with van der Waals surface area (Å²) in [6.07, 6.45) is 3.89. The molecule has 0 atom stereocenters. The first-order valence-corrected chi connectivity index (χ1v) is 13.9. The molecule has 1 N–H and O–H groups in total. The summed E-state index contributed by atoms with van der Waals surface area (Å²) in [5.41, 5.74) is 2.01. The van der Waals surface area contributed by atoms with Gasteiger partial charge in [0.25, 0.3) is 15.9 Å². The molecule has 0 bridgehead atoms. The Hall–Kier alpha value is -4.51. The van der Waals surface area contributed by atoms with Crippen LogP contribution in [-0.4, -0.2) is 50.4 Å². The van der Waals surface area contributed by atoms with Crippen LogP contribution < -0.4 is 19.3 Å². The van der Waals surface area contributed by atoms with Crippen LogP contribution in [-0.2, 0) is 21.2 Å². The number of benzene rings is 2. The average Bonchev–Trinajstić information content (AvgIpc) is 3.00. The zero-order chi connectivity index (χ0) is 27.7. The molecule has 39 heavy (non-hydrogen) atoms. The second kappa shape index (κ2) is 10.3. The number of hydrogen-bond acceptors (Lipinski definition) is 8. The molecule has 0 spiro atoms. The molecule has 0 radical (unpaired) electrons. The van der Waals surface area contributed by atoms with Gasteiger partial charge in [0.2, 0.25) is 5.91 Å². The van der Waals surface area contributed by atoms with Crippen LogP contribution in [0.1, 0.15) is 29.8 Å². The van der Waals surface area contributed by atoms with Crippen molar-refractivity contribution in [1.82, 2.24) is 14.7 Å². The molecule has 11 heteroatoms. The van der Waals surface area contributed by atoms with E-state index in [1.165, 1.54) is 6.07 Å². The fraction of sp³-hybridized carbons (Fsp3) is 0.214. The Labute approximate surface area is 226 Å². The van der Waals surface area contributed by atoms with Crippen molar-refractivity contribution in [2.45, 2.75) is 25.2 Å². The maximum atomic E-state index is 13.4. The van der Waals surface area contributed by atoms with Gasteiger partial charge in [-0.2, -0.15) is 0 Å². The molecule has 4 aromatic rings. The van der Waals surface area contributed by atoms with Crippen molar-refractivity contribution in [2.75, 3.05) is 30.0 Å². The standard InChI is InChI=1S/C28H27N5O5S/c1-4-33-26-22(28(35)32(3)23-10-7-14-29-27(23)33)16-19(17-30-26)13-15-38-24-11-5-9-21-20(24)8-6-12-25(21)39(36,37)31-18(2)34/h5-12,14,16-17H,4,13,15H2,1-3H3,(H,31,34). The topological polar surface area (TPSA) is 122 Å². The van der Waals surface area contributed by atoms with Gasteiger partial charge < -0.3 is 14.5 Å². The lowest BCUT2D eigenvalue weighted by Crippen LogP contribution is -2.28. The van der Waals surface area contributed by atoms with Gasteiger partial charge in [0, 0.05) is 50.1 Å². The van der Waals surface area contributed by atoms with Gasteiger partial charge in [-0.05, 0) is 42.8 Å². The zero-order valence-electron chi connectivity index (χ0n) is 21.7. The van der Waals surface area contributed by atoms with Crippen molar-refractivity contribution in [2.24, 2.45) is 0 Å². The highest BCUT2D eigenvalue weighted by Gasteiger charge is 2.30. The van der Waals surface area contributed by atoms with Crippen molar-refractivity contribution in [1.29, 1.82) is 0 Å². The quantitative estimate of drug-likeness (QED) is 0.372. The summed E-state index contributed by atoms with van der Waals surface area (Å²) >= 11 is 0. The van der Waals surface area contributed by atoms with Crippen LogP contribution in [0.15, 0.2) is 71.9 Å². The van der Waals surface area contributed by atoms with Gasteiger partial charge in [-0.15, -0.1) is 0 Å². The molecule has 2 aromatic carbocycles. The minimum absolute atomic E-state index is 0.00537. The maximum Gasteiger partial charge on any atom is 0.264 e. The van der Waals surface area contributed by atoms with Gasteiger partial charge in [0.1, 0.15) is 11.6 Å². The van der Waals surface area contributed by atoms with E-state index >= 15 is 0 Å². The van der Waals surface area contributed by atoms with Crippen molar-refractivity contribution < 1.29 is 22.7 Å². The SMILES string of the molecule is CCN1c2ncc(CCOc3cccc4c(S(=O)(=O)NC(C)=O)cccc34)cc2C(=O)N(C)c2cccnc21. The smallest absolute Gasteiger partial charge is 0.264 e. The lowest BCUT2D eigenvalue weighted by atomic mass is 10.1. The maximum absolute atomic E-state index is 13.4. The molecule has 0 saturated heterocycles. The fourth-order valence-corrected chi connectivity index (χ4v) is 5.91. The fourth-order valence-electron chi connectivity index (χ4n) is 4.69. The number of fused-ring (bicyclic) bond motifs is 3. The molecule has 3 heterocycles. The number of anilines is 3. The minimum Gasteiger partial charge on any atom is -0.493 e. The van der Waals surface area contributed by atoms with Gasteiger partial charge in [-0.3, -0.25) is 9.59 Å². The van der Waals surface area contributed by atoms with Crippen LogP contribution in [0.5, 0.6) is 5.75 Å². The van der Waals surface area contributed by atoms with E-state index in [9.17, 15) is 18.0 Å². The highest BCUT2D eigenvalue weighted by Crippen LogP contribution is 2.37. The Morgan fingerprint density at radius 2 is 1.79 bits per heavy atom. The van der Waals surface area contributed by atoms with E-state index in [2.05, 4.69) is 9.97 Å². The predicted molar refractivity (Wildman–Crippen MR) is 148 cm³/mol. The van der Waals surface area contributed by atoms with Crippen LogP contribution in [0.3, 0.4) is 0 Å². The van der Waals surface area contributed by atoms with Gasteiger partial charge in [-0.1, -0.05) is 24.3 Å². The first-order valence-electron chi connectivity index (χ1n) is 12.4. The van der Waals surface area contributed by atoms with Crippen LogP contribution in [0, 0.1) is 0 Å². The third-order valence-electron chi connectivity index (χ3n) is 6.47. The molecule has 200 valence electrons. The molecule has 2 aromatic heterocycles. The molecule has 1 aliphatic rings. The molecular formula is C28H27N5O5S. The Morgan fingerprint density at radius 3 is 2.56 bits per heavy atom. The third-order valence-corrected chi connectivity index (χ3v) is 7.96. The number of carbonyl (C=O) groups excluding carboxylic acids is 2. The molecule has 0 aliphatic carbocycles. The zero-order valence-corrected chi connectivity index (χ0v) is 22.5. The van der Waals surface area contributed by atoms with Crippen LogP contribution in [0.4, 0.5) is 17.3 Å². The Bertz CT molecular complexity index is 1710. The van der Waals surface area contributed by atoms with E-state index in [0.29, 0.717) is 52.4 Å². The van der Waals surface area contributed by atoms with E-state index in [-0.39, 0.29) is 17.4 Å². The molecule has 5 rings (SSSR count). The largest absolute Gasteiger partial charge is 0.493 e. The van der Waals surface area contributed by atoms with Gasteiger partial charge in [0.05, 0.1) is 22.8 Å².